The normalized spacial score (nSPS) is 10.7. The summed E-state index contributed by atoms with van der Waals surface area (Å²) in [6.45, 7) is 2.33. The Morgan fingerprint density at radius 3 is 2.69 bits per heavy atom. The SMILES string of the molecule is COc1ccc(-n2c(CCNC(=O)c3csc(C)n3)nnc2SC)cc1. The lowest BCUT2D eigenvalue weighted by Crippen LogP contribution is -2.26. The third-order valence-electron chi connectivity index (χ3n) is 3.70. The number of benzene rings is 1. The molecule has 0 saturated carbocycles. The van der Waals surface area contributed by atoms with Crippen molar-refractivity contribution >= 4 is 29.0 Å². The summed E-state index contributed by atoms with van der Waals surface area (Å²) < 4.78 is 7.20. The van der Waals surface area contributed by atoms with Gasteiger partial charge in [-0.15, -0.1) is 21.5 Å². The van der Waals surface area contributed by atoms with Crippen LogP contribution in [0.2, 0.25) is 0 Å². The molecule has 9 heteroatoms. The lowest BCUT2D eigenvalue weighted by molar-refractivity contribution is 0.0949. The van der Waals surface area contributed by atoms with E-state index in [1.54, 1.807) is 12.5 Å². The summed E-state index contributed by atoms with van der Waals surface area (Å²) in [5, 5.41) is 14.8. The minimum Gasteiger partial charge on any atom is -0.497 e. The molecule has 2 aromatic heterocycles. The van der Waals surface area contributed by atoms with Crippen LogP contribution in [0.3, 0.4) is 0 Å². The molecule has 2 heterocycles. The van der Waals surface area contributed by atoms with Gasteiger partial charge in [-0.1, -0.05) is 11.8 Å². The topological polar surface area (TPSA) is 81.9 Å². The first-order valence-electron chi connectivity index (χ1n) is 7.95. The average Bonchev–Trinajstić information content (AvgIpc) is 3.28. The molecule has 3 aromatic rings. The number of aromatic nitrogens is 4. The molecule has 0 aliphatic rings. The Balaban J connectivity index is 1.71. The number of carbonyl (C=O) groups excluding carboxylic acids is 1. The van der Waals surface area contributed by atoms with Gasteiger partial charge in [0.15, 0.2) is 5.16 Å². The van der Waals surface area contributed by atoms with Crippen molar-refractivity contribution in [2.75, 3.05) is 19.9 Å². The number of nitrogens with zero attached hydrogens (tertiary/aromatic N) is 4. The summed E-state index contributed by atoms with van der Waals surface area (Å²) in [5.74, 6) is 1.41. The summed E-state index contributed by atoms with van der Waals surface area (Å²) in [5.41, 5.74) is 1.41. The fourth-order valence-electron chi connectivity index (χ4n) is 2.43. The lowest BCUT2D eigenvalue weighted by atomic mass is 10.3. The van der Waals surface area contributed by atoms with Gasteiger partial charge in [-0.05, 0) is 37.4 Å². The maximum absolute atomic E-state index is 12.1. The molecule has 7 nitrogen and oxygen atoms in total. The lowest BCUT2D eigenvalue weighted by Gasteiger charge is -2.10. The van der Waals surface area contributed by atoms with Gasteiger partial charge in [-0.3, -0.25) is 9.36 Å². The number of carbonyl (C=O) groups is 1. The first-order valence-corrected chi connectivity index (χ1v) is 10.1. The van der Waals surface area contributed by atoms with E-state index in [0.717, 1.165) is 27.4 Å². The molecule has 136 valence electrons. The number of hydrogen-bond acceptors (Lipinski definition) is 7. The van der Waals surface area contributed by atoms with Gasteiger partial charge in [-0.25, -0.2) is 4.98 Å². The molecule has 0 radical (unpaired) electrons. The molecule has 1 amide bonds. The Labute approximate surface area is 159 Å². The van der Waals surface area contributed by atoms with Gasteiger partial charge in [0.25, 0.3) is 5.91 Å². The molecule has 0 unspecified atom stereocenters. The van der Waals surface area contributed by atoms with Crippen molar-refractivity contribution in [1.82, 2.24) is 25.1 Å². The van der Waals surface area contributed by atoms with Gasteiger partial charge >= 0.3 is 0 Å². The van der Waals surface area contributed by atoms with E-state index < -0.39 is 0 Å². The summed E-state index contributed by atoms with van der Waals surface area (Å²) in [6, 6.07) is 7.72. The third-order valence-corrected chi connectivity index (χ3v) is 5.10. The first-order chi connectivity index (χ1) is 12.6. The van der Waals surface area contributed by atoms with Gasteiger partial charge in [-0.2, -0.15) is 0 Å². The van der Waals surface area contributed by atoms with Crippen molar-refractivity contribution in [2.24, 2.45) is 0 Å². The Hall–Kier alpha value is -2.39. The van der Waals surface area contributed by atoms with Crippen molar-refractivity contribution < 1.29 is 9.53 Å². The van der Waals surface area contributed by atoms with E-state index in [-0.39, 0.29) is 5.91 Å². The van der Waals surface area contributed by atoms with E-state index >= 15 is 0 Å². The van der Waals surface area contributed by atoms with E-state index in [9.17, 15) is 4.79 Å². The summed E-state index contributed by atoms with van der Waals surface area (Å²) in [4.78, 5) is 16.3. The Bertz CT molecular complexity index is 889. The quantitative estimate of drug-likeness (QED) is 0.626. The summed E-state index contributed by atoms with van der Waals surface area (Å²) in [7, 11) is 1.64. The van der Waals surface area contributed by atoms with Crippen LogP contribution in [0.5, 0.6) is 5.75 Å². The number of ether oxygens (including phenoxy) is 1. The highest BCUT2D eigenvalue weighted by molar-refractivity contribution is 7.98. The number of aryl methyl sites for hydroxylation is 1. The van der Waals surface area contributed by atoms with E-state index in [1.807, 2.05) is 42.0 Å². The van der Waals surface area contributed by atoms with Crippen molar-refractivity contribution in [3.05, 3.63) is 46.2 Å². The smallest absolute Gasteiger partial charge is 0.270 e. The second-order valence-corrected chi connectivity index (χ2v) is 7.23. The molecule has 26 heavy (non-hydrogen) atoms. The highest BCUT2D eigenvalue weighted by atomic mass is 32.2. The van der Waals surface area contributed by atoms with Gasteiger partial charge in [0.1, 0.15) is 17.3 Å². The standard InChI is InChI=1S/C17H19N5O2S2/c1-11-19-14(10-26-11)16(23)18-9-8-15-20-21-17(25-3)22(15)12-4-6-13(24-2)7-5-12/h4-7,10H,8-9H2,1-3H3,(H,18,23). The number of thioether (sulfide) groups is 1. The Morgan fingerprint density at radius 1 is 1.31 bits per heavy atom. The summed E-state index contributed by atoms with van der Waals surface area (Å²) >= 11 is 2.98. The van der Waals surface area contributed by atoms with Crippen molar-refractivity contribution in [1.29, 1.82) is 0 Å². The van der Waals surface area contributed by atoms with Crippen LogP contribution < -0.4 is 10.1 Å². The van der Waals surface area contributed by atoms with Crippen LogP contribution in [0.4, 0.5) is 0 Å². The number of rotatable bonds is 7. The van der Waals surface area contributed by atoms with Gasteiger partial charge in [0.2, 0.25) is 0 Å². The first kappa shape index (κ1) is 18.4. The fraction of sp³-hybridized carbons (Fsp3) is 0.294. The third kappa shape index (κ3) is 4.05. The maximum Gasteiger partial charge on any atom is 0.270 e. The molecule has 3 rings (SSSR count). The van der Waals surface area contributed by atoms with E-state index in [0.29, 0.717) is 18.7 Å². The summed E-state index contributed by atoms with van der Waals surface area (Å²) in [6.07, 6.45) is 2.52. The average molecular weight is 390 g/mol. The van der Waals surface area contributed by atoms with Crippen molar-refractivity contribution in [3.8, 4) is 11.4 Å². The van der Waals surface area contributed by atoms with Crippen LogP contribution in [-0.2, 0) is 6.42 Å². The monoisotopic (exact) mass is 389 g/mol. The van der Waals surface area contributed by atoms with Crippen LogP contribution in [0.1, 0.15) is 21.3 Å². The fourth-order valence-corrected chi connectivity index (χ4v) is 3.54. The van der Waals surface area contributed by atoms with Gasteiger partial charge in [0.05, 0.1) is 12.1 Å². The van der Waals surface area contributed by atoms with Crippen LogP contribution in [0, 0.1) is 6.92 Å². The molecule has 1 aromatic carbocycles. The molecule has 0 aliphatic carbocycles. The highest BCUT2D eigenvalue weighted by Crippen LogP contribution is 2.22. The Morgan fingerprint density at radius 2 is 2.08 bits per heavy atom. The van der Waals surface area contributed by atoms with Crippen molar-refractivity contribution in [2.45, 2.75) is 18.5 Å². The Kier molecular flexibility index (Phi) is 5.89. The van der Waals surface area contributed by atoms with Crippen molar-refractivity contribution in [3.63, 3.8) is 0 Å². The number of nitrogens with one attached hydrogen (secondary N) is 1. The van der Waals surface area contributed by atoms with Crippen LogP contribution in [-0.4, -0.2) is 45.6 Å². The predicted octanol–water partition coefficient (Wildman–Crippen LogP) is 2.74. The molecule has 0 aliphatic heterocycles. The highest BCUT2D eigenvalue weighted by Gasteiger charge is 2.14. The van der Waals surface area contributed by atoms with Gasteiger partial charge in [0, 0.05) is 24.0 Å². The number of thiazole rings is 1. The minimum absolute atomic E-state index is 0.171. The van der Waals surface area contributed by atoms with E-state index in [2.05, 4.69) is 20.5 Å². The molecule has 0 atom stereocenters. The largest absolute Gasteiger partial charge is 0.497 e. The zero-order valence-electron chi connectivity index (χ0n) is 14.7. The predicted molar refractivity (Wildman–Crippen MR) is 103 cm³/mol. The van der Waals surface area contributed by atoms with Crippen LogP contribution in [0.15, 0.2) is 34.8 Å². The molecular weight excluding hydrogens is 370 g/mol. The molecule has 0 saturated heterocycles. The second kappa shape index (κ2) is 8.33. The number of methoxy groups -OCH3 is 1. The van der Waals surface area contributed by atoms with Crippen LogP contribution in [0.25, 0.3) is 5.69 Å². The molecule has 0 fully saturated rings. The van der Waals surface area contributed by atoms with Gasteiger partial charge < -0.3 is 10.1 Å². The molecule has 0 spiro atoms. The molecular formula is C17H19N5O2S2. The zero-order chi connectivity index (χ0) is 18.5. The number of amides is 1. The number of hydrogen-bond donors (Lipinski definition) is 1. The molecule has 1 N–H and O–H groups in total. The maximum atomic E-state index is 12.1. The van der Waals surface area contributed by atoms with Crippen LogP contribution >= 0.6 is 23.1 Å². The van der Waals surface area contributed by atoms with E-state index in [1.165, 1.54) is 23.1 Å². The second-order valence-electron chi connectivity index (χ2n) is 5.39. The minimum atomic E-state index is -0.171. The zero-order valence-corrected chi connectivity index (χ0v) is 16.4. The van der Waals surface area contributed by atoms with E-state index in [4.69, 9.17) is 4.74 Å². The molecule has 0 bridgehead atoms.